The minimum absolute atomic E-state index is 0.0140. The van der Waals surface area contributed by atoms with Crippen LogP contribution in [0, 0.1) is 23.7 Å². The molecule has 0 aliphatic carbocycles. The SMILES string of the molecule is COC(=O)C(CC#Cc1ccc2c(c1)[C@]1(C(=O)N2)[C@H](c2ccc(O)cc2)N2[C@H](c3ccccc3)[C@H](c3ccccc3)OC(=O)[C@H]2[C@@H]1C(=O)N1CCc2cc(OC)c(OC)cc2C1)C(=O)OC. The fourth-order valence-corrected chi connectivity index (χ4v) is 10.4. The fourth-order valence-electron chi connectivity index (χ4n) is 10.4. The van der Waals surface area contributed by atoms with Gasteiger partial charge in [-0.25, -0.2) is 0 Å². The van der Waals surface area contributed by atoms with Crippen molar-refractivity contribution in [2.24, 2.45) is 11.8 Å². The van der Waals surface area contributed by atoms with Crippen molar-refractivity contribution in [3.8, 4) is 29.1 Å². The summed E-state index contributed by atoms with van der Waals surface area (Å²) in [5.41, 5.74) is 3.30. The molecule has 2 fully saturated rings. The van der Waals surface area contributed by atoms with E-state index in [9.17, 15) is 14.7 Å². The molecule has 0 aromatic heterocycles. The normalized spacial score (nSPS) is 22.8. The van der Waals surface area contributed by atoms with Crippen molar-refractivity contribution in [1.82, 2.24) is 9.80 Å². The first-order chi connectivity index (χ1) is 32.0. The lowest BCUT2D eigenvalue weighted by Crippen LogP contribution is -2.56. The second-order valence-corrected chi connectivity index (χ2v) is 16.7. The molecule has 14 heteroatoms. The number of hydrogen-bond acceptors (Lipinski definition) is 12. The predicted molar refractivity (Wildman–Crippen MR) is 239 cm³/mol. The number of methoxy groups -OCH3 is 4. The van der Waals surface area contributed by atoms with E-state index in [0.717, 1.165) is 22.3 Å². The molecule has 9 rings (SSSR count). The van der Waals surface area contributed by atoms with Crippen molar-refractivity contribution in [2.75, 3.05) is 40.3 Å². The molecule has 66 heavy (non-hydrogen) atoms. The van der Waals surface area contributed by atoms with E-state index in [4.69, 9.17) is 23.7 Å². The lowest BCUT2D eigenvalue weighted by Gasteiger charge is -2.46. The molecule has 0 bridgehead atoms. The number of morpholine rings is 1. The summed E-state index contributed by atoms with van der Waals surface area (Å²) < 4.78 is 27.5. The van der Waals surface area contributed by atoms with E-state index in [-0.39, 0.29) is 25.3 Å². The van der Waals surface area contributed by atoms with E-state index in [1.54, 1.807) is 49.5 Å². The third-order valence-corrected chi connectivity index (χ3v) is 13.3. The molecule has 2 saturated heterocycles. The lowest BCUT2D eigenvalue weighted by atomic mass is 9.65. The minimum atomic E-state index is -1.82. The number of ether oxygens (including phenoxy) is 5. The first-order valence-corrected chi connectivity index (χ1v) is 21.5. The number of nitrogens with zero attached hydrogens (tertiary/aromatic N) is 2. The first-order valence-electron chi connectivity index (χ1n) is 21.5. The molecule has 14 nitrogen and oxygen atoms in total. The van der Waals surface area contributed by atoms with Gasteiger partial charge in [-0.15, -0.1) is 0 Å². The van der Waals surface area contributed by atoms with Gasteiger partial charge in [0.25, 0.3) is 0 Å². The zero-order valence-electron chi connectivity index (χ0n) is 36.7. The Hall–Kier alpha value is -7.63. The van der Waals surface area contributed by atoms with Gasteiger partial charge in [0.15, 0.2) is 17.4 Å². The third kappa shape index (κ3) is 7.25. The summed E-state index contributed by atoms with van der Waals surface area (Å²) in [7, 11) is 5.45. The summed E-state index contributed by atoms with van der Waals surface area (Å²) in [4.78, 5) is 75.7. The highest BCUT2D eigenvalue weighted by Gasteiger charge is 2.74. The van der Waals surface area contributed by atoms with Gasteiger partial charge in [-0.2, -0.15) is 0 Å². The summed E-state index contributed by atoms with van der Waals surface area (Å²) in [5.74, 6) is 1.14. The Morgan fingerprint density at radius 2 is 1.42 bits per heavy atom. The van der Waals surface area contributed by atoms with Crippen LogP contribution in [0.2, 0.25) is 0 Å². The highest BCUT2D eigenvalue weighted by atomic mass is 16.6. The standard InChI is InChI=1S/C52H47N3O11/c1-62-40-27-34-24-25-54(29-35(34)28-41(40)63-2)47(57)42-44-50(60)66-45(32-15-9-6-10-16-32)43(31-13-7-5-8-14-31)55(44)46(33-19-21-36(56)22-20-33)52(42)38-26-30(18-23-39(38)53-51(52)61)12-11-17-37(48(58)64-3)49(59)65-4/h5-10,13-16,18-23,26-28,37,42-46,56H,17,24-25,29H2,1-4H3,(H,53,61)/t42-,43-,44-,45+,46+,52-/m1/s1. The van der Waals surface area contributed by atoms with E-state index >= 15 is 14.4 Å². The van der Waals surface area contributed by atoms with Crippen LogP contribution in [-0.4, -0.2) is 85.7 Å². The van der Waals surface area contributed by atoms with Crippen molar-refractivity contribution in [2.45, 2.75) is 49.0 Å². The van der Waals surface area contributed by atoms with E-state index in [1.807, 2.05) is 77.7 Å². The number of amides is 2. The molecule has 4 aliphatic rings. The topological polar surface area (TPSA) is 170 Å². The van der Waals surface area contributed by atoms with Crippen LogP contribution < -0.4 is 14.8 Å². The molecule has 336 valence electrons. The zero-order chi connectivity index (χ0) is 46.3. The van der Waals surface area contributed by atoms with Gasteiger partial charge in [0.1, 0.15) is 23.3 Å². The predicted octanol–water partition coefficient (Wildman–Crippen LogP) is 5.97. The second-order valence-electron chi connectivity index (χ2n) is 16.7. The number of cyclic esters (lactones) is 1. The largest absolute Gasteiger partial charge is 0.508 e. The average molecular weight is 890 g/mol. The number of carbonyl (C=O) groups excluding carboxylic acids is 5. The van der Waals surface area contributed by atoms with Gasteiger partial charge in [-0.05, 0) is 82.3 Å². The van der Waals surface area contributed by atoms with E-state index in [1.165, 1.54) is 26.4 Å². The van der Waals surface area contributed by atoms with Gasteiger partial charge in [-0.3, -0.25) is 28.9 Å². The molecule has 6 atom stereocenters. The monoisotopic (exact) mass is 889 g/mol. The number of phenols is 1. The van der Waals surface area contributed by atoms with Crippen molar-refractivity contribution >= 4 is 35.4 Å². The van der Waals surface area contributed by atoms with Crippen LogP contribution in [0.5, 0.6) is 17.2 Å². The second kappa shape index (κ2) is 17.7. The number of rotatable bonds is 9. The highest BCUT2D eigenvalue weighted by Crippen LogP contribution is 2.65. The number of benzene rings is 5. The molecule has 4 aliphatic heterocycles. The number of anilines is 1. The maximum absolute atomic E-state index is 16.0. The van der Waals surface area contributed by atoms with Gasteiger partial charge < -0.3 is 39.0 Å². The number of phenolic OH excluding ortho intramolecular Hbond substituents is 1. The summed E-state index contributed by atoms with van der Waals surface area (Å²) in [6.45, 7) is 0.429. The summed E-state index contributed by atoms with van der Waals surface area (Å²) in [6.07, 6.45) is -0.624. The van der Waals surface area contributed by atoms with Gasteiger partial charge in [-0.1, -0.05) is 84.6 Å². The molecule has 5 aromatic rings. The van der Waals surface area contributed by atoms with Crippen LogP contribution in [0.15, 0.2) is 115 Å². The summed E-state index contributed by atoms with van der Waals surface area (Å²) in [5, 5.41) is 13.8. The van der Waals surface area contributed by atoms with Crippen molar-refractivity contribution in [3.05, 3.63) is 154 Å². The van der Waals surface area contributed by atoms with Gasteiger partial charge in [0, 0.05) is 30.8 Å². The van der Waals surface area contributed by atoms with E-state index < -0.39 is 71.2 Å². The summed E-state index contributed by atoms with van der Waals surface area (Å²) >= 11 is 0. The molecular formula is C52H47N3O11. The van der Waals surface area contributed by atoms with Gasteiger partial charge >= 0.3 is 17.9 Å². The van der Waals surface area contributed by atoms with E-state index in [2.05, 4.69) is 17.2 Å². The Kier molecular flexibility index (Phi) is 11.7. The Labute approximate surface area is 381 Å². The highest BCUT2D eigenvalue weighted by molar-refractivity contribution is 6.12. The minimum Gasteiger partial charge on any atom is -0.508 e. The number of nitrogens with one attached hydrogen (secondary N) is 1. The maximum Gasteiger partial charge on any atom is 0.324 e. The zero-order valence-corrected chi connectivity index (χ0v) is 36.7. The Morgan fingerprint density at radius 1 is 0.788 bits per heavy atom. The van der Waals surface area contributed by atoms with Crippen LogP contribution in [-0.2, 0) is 56.6 Å². The molecule has 1 spiro atoms. The van der Waals surface area contributed by atoms with Crippen molar-refractivity contribution in [1.29, 1.82) is 0 Å². The third-order valence-electron chi connectivity index (χ3n) is 13.3. The van der Waals surface area contributed by atoms with Crippen molar-refractivity contribution in [3.63, 3.8) is 0 Å². The maximum atomic E-state index is 16.0. The number of aromatic hydroxyl groups is 1. The smallest absolute Gasteiger partial charge is 0.324 e. The molecule has 2 N–H and O–H groups in total. The fraction of sp³-hybridized carbons (Fsp3) is 0.288. The number of carbonyl (C=O) groups is 5. The first kappa shape index (κ1) is 43.6. The van der Waals surface area contributed by atoms with Crippen LogP contribution in [0.4, 0.5) is 5.69 Å². The molecular weight excluding hydrogens is 843 g/mol. The van der Waals surface area contributed by atoms with Gasteiger partial charge in [0.05, 0.1) is 46.4 Å². The Bertz CT molecular complexity index is 2770. The molecule has 5 aromatic carbocycles. The molecule has 0 unspecified atom stereocenters. The lowest BCUT2D eigenvalue weighted by molar-refractivity contribution is -0.179. The molecule has 2 amide bonds. The van der Waals surface area contributed by atoms with Crippen LogP contribution >= 0.6 is 0 Å². The van der Waals surface area contributed by atoms with Crippen molar-refractivity contribution < 1.29 is 52.8 Å². The quantitative estimate of drug-likeness (QED) is 0.0771. The van der Waals surface area contributed by atoms with E-state index in [0.29, 0.717) is 40.3 Å². The molecule has 0 saturated carbocycles. The Morgan fingerprint density at radius 3 is 2.06 bits per heavy atom. The average Bonchev–Trinajstić information content (AvgIpc) is 3.83. The number of hydrogen-bond donors (Lipinski definition) is 2. The Balaban J connectivity index is 1.27. The summed E-state index contributed by atoms with van der Waals surface area (Å²) in [6, 6.07) is 31.3. The number of esters is 3. The number of fused-ring (bicyclic) bond motifs is 4. The van der Waals surface area contributed by atoms with Crippen LogP contribution in [0.1, 0.15) is 63.6 Å². The van der Waals surface area contributed by atoms with Crippen LogP contribution in [0.25, 0.3) is 0 Å². The van der Waals surface area contributed by atoms with Crippen LogP contribution in [0.3, 0.4) is 0 Å². The molecule has 0 radical (unpaired) electrons. The molecule has 4 heterocycles. The van der Waals surface area contributed by atoms with Gasteiger partial charge in [0.2, 0.25) is 11.8 Å².